The number of hydrogen-bond donors (Lipinski definition) is 2. The van der Waals surface area contributed by atoms with Gasteiger partial charge in [-0.3, -0.25) is 9.59 Å². The maximum Gasteiger partial charge on any atom is 0.277 e. The number of amides is 2. The quantitative estimate of drug-likeness (QED) is 0.474. The number of benzene rings is 2. The van der Waals surface area contributed by atoms with Gasteiger partial charge in [0.1, 0.15) is 0 Å². The molecule has 2 aromatic carbocycles. The highest BCUT2D eigenvalue weighted by Crippen LogP contribution is 2.24. The van der Waals surface area contributed by atoms with Crippen LogP contribution in [0.4, 0.5) is 5.69 Å². The lowest BCUT2D eigenvalue weighted by molar-refractivity contribution is -0.122. The van der Waals surface area contributed by atoms with Crippen LogP contribution in [0.2, 0.25) is 5.02 Å². The number of rotatable bonds is 7. The number of nitrogens with zero attached hydrogens (tertiary/aromatic N) is 2. The number of carbonyl (C=O) groups excluding carboxylic acids is 2. The minimum atomic E-state index is -0.316. The monoisotopic (exact) mass is 494 g/mol. The van der Waals surface area contributed by atoms with Gasteiger partial charge in [0.15, 0.2) is 0 Å². The molecule has 0 unspecified atom stereocenters. The maximum absolute atomic E-state index is 12.0. The van der Waals surface area contributed by atoms with E-state index in [1.165, 1.54) is 0 Å². The fourth-order valence-electron chi connectivity index (χ4n) is 2.30. The van der Waals surface area contributed by atoms with E-state index < -0.39 is 0 Å². The minimum Gasteiger partial charge on any atom is -0.411 e. The molecule has 0 aliphatic rings. The minimum absolute atomic E-state index is 0.0485. The van der Waals surface area contributed by atoms with Crippen LogP contribution >= 0.6 is 39.3 Å². The molecule has 7 nitrogen and oxygen atoms in total. The molecule has 0 aliphatic carbocycles. The second-order valence-corrected chi connectivity index (χ2v) is 8.23. The summed E-state index contributed by atoms with van der Waals surface area (Å²) in [5.41, 5.74) is 2.35. The molecule has 29 heavy (non-hydrogen) atoms. The van der Waals surface area contributed by atoms with Crippen LogP contribution in [0.15, 0.2) is 56.6 Å². The van der Waals surface area contributed by atoms with Gasteiger partial charge in [-0.2, -0.15) is 0 Å². The lowest BCUT2D eigenvalue weighted by atomic mass is 10.2. The molecule has 10 heteroatoms. The Morgan fingerprint density at radius 3 is 2.62 bits per heavy atom. The van der Waals surface area contributed by atoms with Crippen molar-refractivity contribution in [2.24, 2.45) is 0 Å². The molecule has 0 atom stereocenters. The molecule has 1 aromatic heterocycles. The van der Waals surface area contributed by atoms with Gasteiger partial charge in [-0.1, -0.05) is 39.3 Å². The summed E-state index contributed by atoms with van der Waals surface area (Å²) in [7, 11) is 0. The van der Waals surface area contributed by atoms with Gasteiger partial charge in [-0.25, -0.2) is 0 Å². The number of aromatic nitrogens is 2. The van der Waals surface area contributed by atoms with E-state index in [9.17, 15) is 9.59 Å². The molecular formula is C19H16BrClN4O3S. The average molecular weight is 496 g/mol. The van der Waals surface area contributed by atoms with Crippen molar-refractivity contribution < 1.29 is 14.0 Å². The van der Waals surface area contributed by atoms with Crippen LogP contribution in [0.1, 0.15) is 5.56 Å². The highest BCUT2D eigenvalue weighted by Gasteiger charge is 2.12. The number of nitrogens with one attached hydrogen (secondary N) is 2. The van der Waals surface area contributed by atoms with E-state index in [0.29, 0.717) is 16.6 Å². The zero-order chi connectivity index (χ0) is 20.8. The van der Waals surface area contributed by atoms with Crippen molar-refractivity contribution in [3.63, 3.8) is 0 Å². The van der Waals surface area contributed by atoms with E-state index in [-0.39, 0.29) is 29.3 Å². The summed E-state index contributed by atoms with van der Waals surface area (Å²) in [5.74, 6) is -0.235. The van der Waals surface area contributed by atoms with Crippen LogP contribution in [-0.2, 0) is 9.59 Å². The Kier molecular flexibility index (Phi) is 7.29. The Labute approximate surface area is 184 Å². The smallest absolute Gasteiger partial charge is 0.277 e. The first-order valence-corrected chi connectivity index (χ1v) is 10.6. The summed E-state index contributed by atoms with van der Waals surface area (Å²) in [6.45, 7) is 1.76. The molecule has 0 saturated heterocycles. The molecular weight excluding hydrogens is 480 g/mol. The Balaban J connectivity index is 1.44. The van der Waals surface area contributed by atoms with Crippen LogP contribution in [0.3, 0.4) is 0 Å². The van der Waals surface area contributed by atoms with E-state index in [0.717, 1.165) is 27.4 Å². The number of carbonyl (C=O) groups is 2. The molecule has 0 bridgehead atoms. The molecule has 0 fully saturated rings. The lowest BCUT2D eigenvalue weighted by Crippen LogP contribution is -2.34. The van der Waals surface area contributed by atoms with Gasteiger partial charge in [-0.05, 0) is 55.0 Å². The van der Waals surface area contributed by atoms with Crippen molar-refractivity contribution in [2.45, 2.75) is 12.1 Å². The Bertz CT molecular complexity index is 1030. The Morgan fingerprint density at radius 1 is 1.14 bits per heavy atom. The number of hydrogen-bond acceptors (Lipinski definition) is 6. The summed E-state index contributed by atoms with van der Waals surface area (Å²) >= 11 is 10.3. The van der Waals surface area contributed by atoms with Crippen molar-refractivity contribution in [3.8, 4) is 11.5 Å². The van der Waals surface area contributed by atoms with Crippen molar-refractivity contribution >= 4 is 56.8 Å². The highest BCUT2D eigenvalue weighted by atomic mass is 79.9. The molecule has 3 rings (SSSR count). The van der Waals surface area contributed by atoms with Gasteiger partial charge >= 0.3 is 0 Å². The summed E-state index contributed by atoms with van der Waals surface area (Å²) < 4.78 is 6.45. The number of anilines is 1. The van der Waals surface area contributed by atoms with Crippen LogP contribution in [0, 0.1) is 6.92 Å². The van der Waals surface area contributed by atoms with Crippen LogP contribution in [0.25, 0.3) is 11.5 Å². The normalized spacial score (nSPS) is 10.6. The SMILES string of the molecule is Cc1cc(Br)ccc1NC(=O)CNC(=O)CSc1nnc(-c2ccc(Cl)cc2)o1. The second-order valence-electron chi connectivity index (χ2n) is 5.95. The van der Waals surface area contributed by atoms with E-state index in [4.69, 9.17) is 16.0 Å². The van der Waals surface area contributed by atoms with Gasteiger partial charge < -0.3 is 15.1 Å². The highest BCUT2D eigenvalue weighted by molar-refractivity contribution is 9.10. The zero-order valence-electron chi connectivity index (χ0n) is 15.2. The summed E-state index contributed by atoms with van der Waals surface area (Å²) in [5, 5.41) is 14.1. The van der Waals surface area contributed by atoms with Crippen molar-refractivity contribution in [1.82, 2.24) is 15.5 Å². The van der Waals surface area contributed by atoms with Crippen molar-refractivity contribution in [1.29, 1.82) is 0 Å². The van der Waals surface area contributed by atoms with Gasteiger partial charge in [0.05, 0.1) is 12.3 Å². The number of thioether (sulfide) groups is 1. The largest absolute Gasteiger partial charge is 0.411 e. The second kappa shape index (κ2) is 9.91. The number of halogens is 2. The Hall–Kier alpha value is -2.36. The van der Waals surface area contributed by atoms with E-state index >= 15 is 0 Å². The lowest BCUT2D eigenvalue weighted by Gasteiger charge is -2.09. The molecule has 0 radical (unpaired) electrons. The third-order valence-corrected chi connectivity index (χ3v) is 5.30. The zero-order valence-corrected chi connectivity index (χ0v) is 18.4. The van der Waals surface area contributed by atoms with Crippen molar-refractivity contribution in [3.05, 3.63) is 57.5 Å². The van der Waals surface area contributed by atoms with Crippen molar-refractivity contribution in [2.75, 3.05) is 17.6 Å². The molecule has 0 spiro atoms. The first kappa shape index (κ1) is 21.4. The molecule has 2 N–H and O–H groups in total. The molecule has 150 valence electrons. The number of aryl methyl sites for hydroxylation is 1. The van der Waals surface area contributed by atoms with Crippen LogP contribution in [0.5, 0.6) is 0 Å². The fourth-order valence-corrected chi connectivity index (χ4v) is 3.49. The molecule has 0 aliphatic heterocycles. The van der Waals surface area contributed by atoms with Gasteiger partial charge in [0.25, 0.3) is 5.22 Å². The topological polar surface area (TPSA) is 97.1 Å². The summed E-state index contributed by atoms with van der Waals surface area (Å²) in [6.07, 6.45) is 0. The van der Waals surface area contributed by atoms with E-state index in [1.807, 2.05) is 19.1 Å². The average Bonchev–Trinajstić information content (AvgIpc) is 3.16. The third kappa shape index (κ3) is 6.31. The standard InChI is InChI=1S/C19H16BrClN4O3S/c1-11-8-13(20)4-7-15(11)23-16(26)9-22-17(27)10-29-19-25-24-18(28-19)12-2-5-14(21)6-3-12/h2-8H,9-10H2,1H3,(H,22,27)(H,23,26). The third-order valence-electron chi connectivity index (χ3n) is 3.73. The van der Waals surface area contributed by atoms with E-state index in [1.54, 1.807) is 30.3 Å². The van der Waals surface area contributed by atoms with Gasteiger partial charge in [-0.15, -0.1) is 10.2 Å². The fraction of sp³-hybridized carbons (Fsp3) is 0.158. The maximum atomic E-state index is 12.0. The van der Waals surface area contributed by atoms with Gasteiger partial charge in [0.2, 0.25) is 17.7 Å². The van der Waals surface area contributed by atoms with Crippen LogP contribution in [-0.4, -0.2) is 34.3 Å². The molecule has 2 amide bonds. The Morgan fingerprint density at radius 2 is 1.90 bits per heavy atom. The first-order valence-electron chi connectivity index (χ1n) is 8.45. The molecule has 3 aromatic rings. The molecule has 1 heterocycles. The summed E-state index contributed by atoms with van der Waals surface area (Å²) in [4.78, 5) is 24.0. The predicted molar refractivity (Wildman–Crippen MR) is 116 cm³/mol. The molecule has 0 saturated carbocycles. The van der Waals surface area contributed by atoms with Gasteiger partial charge in [0, 0.05) is 20.7 Å². The first-order chi connectivity index (χ1) is 13.9. The summed E-state index contributed by atoms with van der Waals surface area (Å²) in [6, 6.07) is 12.5. The van der Waals surface area contributed by atoms with E-state index in [2.05, 4.69) is 36.8 Å². The predicted octanol–water partition coefficient (Wildman–Crippen LogP) is 4.31. The van der Waals surface area contributed by atoms with Crippen LogP contribution < -0.4 is 10.6 Å².